The number of carboxylic acid groups (broad SMARTS) is 1. The maximum Gasteiger partial charge on any atom is 0.402 e. The van der Waals surface area contributed by atoms with Gasteiger partial charge in [-0.3, -0.25) is 0 Å². The van der Waals surface area contributed by atoms with Gasteiger partial charge < -0.3 is 20.9 Å². The lowest BCUT2D eigenvalue weighted by Crippen LogP contribution is -2.16. The molecule has 1 aliphatic carbocycles. The summed E-state index contributed by atoms with van der Waals surface area (Å²) in [6.45, 7) is 0. The third kappa shape index (κ3) is 4.60. The number of nitrogens with two attached hydrogens (primary N) is 1. The smallest absolute Gasteiger partial charge is 0.402 e. The first kappa shape index (κ1) is 18.4. The molecular formula is C17H21N7O3. The van der Waals surface area contributed by atoms with Crippen LogP contribution < -0.4 is 15.8 Å². The van der Waals surface area contributed by atoms with Crippen molar-refractivity contribution in [3.8, 4) is 11.4 Å². The van der Waals surface area contributed by atoms with Crippen molar-refractivity contribution in [2.45, 2.75) is 31.7 Å². The van der Waals surface area contributed by atoms with Crippen LogP contribution in [0.4, 0.5) is 10.7 Å². The van der Waals surface area contributed by atoms with Crippen LogP contribution in [0.25, 0.3) is 16.9 Å². The lowest BCUT2D eigenvalue weighted by atomic mass is 10.2. The first-order chi connectivity index (χ1) is 13.1. The Kier molecular flexibility index (Phi) is 5.64. The molecule has 0 atom stereocenters. The van der Waals surface area contributed by atoms with E-state index in [1.807, 2.05) is 24.3 Å². The molecule has 0 aliphatic heterocycles. The zero-order chi connectivity index (χ0) is 19.2. The number of methoxy groups -OCH3 is 1. The highest BCUT2D eigenvalue weighted by Crippen LogP contribution is 2.22. The Labute approximate surface area is 155 Å². The van der Waals surface area contributed by atoms with Crippen molar-refractivity contribution in [1.29, 1.82) is 0 Å². The van der Waals surface area contributed by atoms with Crippen molar-refractivity contribution in [3.63, 3.8) is 0 Å². The largest absolute Gasteiger partial charge is 0.497 e. The van der Waals surface area contributed by atoms with E-state index < -0.39 is 6.09 Å². The Morgan fingerprint density at radius 3 is 2.59 bits per heavy atom. The number of fused-ring (bicyclic) bond motifs is 1. The number of anilines is 1. The lowest BCUT2D eigenvalue weighted by molar-refractivity contribution is 0.205. The zero-order valence-corrected chi connectivity index (χ0v) is 14.9. The number of nitrogens with one attached hydrogen (secondary N) is 1. The van der Waals surface area contributed by atoms with E-state index in [0.717, 1.165) is 11.4 Å². The normalized spacial score (nSPS) is 13.8. The fourth-order valence-electron chi connectivity index (χ4n) is 2.95. The third-order valence-electron chi connectivity index (χ3n) is 4.20. The summed E-state index contributed by atoms with van der Waals surface area (Å²) in [5, 5.41) is 18.9. The predicted octanol–water partition coefficient (Wildman–Crippen LogP) is 2.20. The molecule has 4 rings (SSSR count). The van der Waals surface area contributed by atoms with Gasteiger partial charge in [0.2, 0.25) is 5.95 Å². The second-order valence-electron chi connectivity index (χ2n) is 6.07. The topological polar surface area (TPSA) is 141 Å². The first-order valence-corrected chi connectivity index (χ1v) is 8.54. The second kappa shape index (κ2) is 8.30. The maximum atomic E-state index is 8.78. The number of ether oxygens (including phenoxy) is 1. The Balaban J connectivity index is 0.000000481. The summed E-state index contributed by atoms with van der Waals surface area (Å²) in [6, 6.07) is 8.11. The standard InChI is InChI=1S/C16H18N6O.CH3NO2/c1-23-13-8-6-12(7-9-13)22-15-14(20-21-22)10-17-16(19-15)18-11-4-2-3-5-11;2-1(3)4/h6-11H,2-5H2,1H3,(H,17,18,19);2H2,(H,3,4). The molecule has 2 aromatic heterocycles. The van der Waals surface area contributed by atoms with Crippen LogP contribution >= 0.6 is 0 Å². The van der Waals surface area contributed by atoms with Crippen LogP contribution in [0.1, 0.15) is 25.7 Å². The minimum Gasteiger partial charge on any atom is -0.497 e. The second-order valence-corrected chi connectivity index (χ2v) is 6.07. The third-order valence-corrected chi connectivity index (χ3v) is 4.20. The molecule has 10 nitrogen and oxygen atoms in total. The SMILES string of the molecule is COc1ccc(-n2nnc3cnc(NC4CCCC4)nc32)cc1.NC(=O)O. The van der Waals surface area contributed by atoms with Crippen LogP contribution in [0.15, 0.2) is 30.5 Å². The molecule has 0 unspecified atom stereocenters. The summed E-state index contributed by atoms with van der Waals surface area (Å²) in [7, 11) is 1.65. The molecule has 142 valence electrons. The van der Waals surface area contributed by atoms with Gasteiger partial charge in [-0.1, -0.05) is 18.1 Å². The number of hydrogen-bond acceptors (Lipinski definition) is 7. The molecule has 1 aromatic carbocycles. The van der Waals surface area contributed by atoms with Gasteiger partial charge in [0.25, 0.3) is 0 Å². The van der Waals surface area contributed by atoms with E-state index in [9.17, 15) is 0 Å². The minimum absolute atomic E-state index is 0.470. The van der Waals surface area contributed by atoms with E-state index in [-0.39, 0.29) is 0 Å². The Bertz CT molecular complexity index is 901. The van der Waals surface area contributed by atoms with Crippen molar-refractivity contribution in [2.75, 3.05) is 12.4 Å². The highest BCUT2D eigenvalue weighted by Gasteiger charge is 2.17. The highest BCUT2D eigenvalue weighted by atomic mass is 16.5. The molecule has 3 aromatic rings. The molecule has 0 bridgehead atoms. The lowest BCUT2D eigenvalue weighted by Gasteiger charge is -2.11. The fraction of sp³-hybridized carbons (Fsp3) is 0.353. The van der Waals surface area contributed by atoms with Crippen LogP contribution in [0.2, 0.25) is 0 Å². The number of aromatic nitrogens is 5. The van der Waals surface area contributed by atoms with Gasteiger partial charge in [-0.25, -0.2) is 9.78 Å². The average Bonchev–Trinajstić information content (AvgIpc) is 3.31. The van der Waals surface area contributed by atoms with Gasteiger partial charge in [0.15, 0.2) is 11.2 Å². The molecule has 0 saturated heterocycles. The van der Waals surface area contributed by atoms with E-state index >= 15 is 0 Å². The van der Waals surface area contributed by atoms with Crippen LogP contribution in [0.5, 0.6) is 5.75 Å². The Morgan fingerprint density at radius 1 is 1.30 bits per heavy atom. The molecule has 2 heterocycles. The summed E-state index contributed by atoms with van der Waals surface area (Å²) in [6.07, 6.45) is 5.28. The Hall–Kier alpha value is -3.43. The fourth-order valence-corrected chi connectivity index (χ4v) is 2.95. The first-order valence-electron chi connectivity index (χ1n) is 8.54. The predicted molar refractivity (Wildman–Crippen MR) is 99.1 cm³/mol. The van der Waals surface area contributed by atoms with E-state index in [4.69, 9.17) is 14.6 Å². The number of amides is 1. The molecule has 1 aliphatic rings. The van der Waals surface area contributed by atoms with Gasteiger partial charge in [0.05, 0.1) is 19.0 Å². The number of benzene rings is 1. The van der Waals surface area contributed by atoms with Gasteiger partial charge in [0, 0.05) is 6.04 Å². The Morgan fingerprint density at radius 2 is 1.96 bits per heavy atom. The van der Waals surface area contributed by atoms with Crippen LogP contribution in [0.3, 0.4) is 0 Å². The monoisotopic (exact) mass is 371 g/mol. The zero-order valence-electron chi connectivity index (χ0n) is 14.9. The number of nitrogens with zero attached hydrogens (tertiary/aromatic N) is 5. The molecule has 0 radical (unpaired) electrons. The van der Waals surface area contributed by atoms with Crippen LogP contribution in [0, 0.1) is 0 Å². The molecule has 0 spiro atoms. The van der Waals surface area contributed by atoms with E-state index in [2.05, 4.69) is 31.3 Å². The summed E-state index contributed by atoms with van der Waals surface area (Å²) in [5.74, 6) is 1.44. The maximum absolute atomic E-state index is 8.78. The number of carbonyl (C=O) groups is 1. The van der Waals surface area contributed by atoms with Gasteiger partial charge in [-0.15, -0.1) is 5.10 Å². The minimum atomic E-state index is -1.33. The summed E-state index contributed by atoms with van der Waals surface area (Å²) < 4.78 is 6.91. The molecule has 1 fully saturated rings. The van der Waals surface area contributed by atoms with Crippen molar-refractivity contribution in [3.05, 3.63) is 30.5 Å². The molecule has 4 N–H and O–H groups in total. The van der Waals surface area contributed by atoms with Gasteiger partial charge in [0.1, 0.15) is 5.75 Å². The average molecular weight is 371 g/mol. The van der Waals surface area contributed by atoms with E-state index in [1.165, 1.54) is 25.7 Å². The molecule has 10 heteroatoms. The van der Waals surface area contributed by atoms with Gasteiger partial charge in [-0.05, 0) is 37.1 Å². The summed E-state index contributed by atoms with van der Waals surface area (Å²) in [4.78, 5) is 17.7. The number of rotatable bonds is 4. The van der Waals surface area contributed by atoms with E-state index in [0.29, 0.717) is 23.2 Å². The highest BCUT2D eigenvalue weighted by molar-refractivity contribution is 5.72. The number of hydrogen-bond donors (Lipinski definition) is 3. The van der Waals surface area contributed by atoms with E-state index in [1.54, 1.807) is 18.0 Å². The van der Waals surface area contributed by atoms with Crippen LogP contribution in [-0.4, -0.2) is 49.3 Å². The van der Waals surface area contributed by atoms with Crippen molar-refractivity contribution < 1.29 is 14.6 Å². The van der Waals surface area contributed by atoms with Crippen molar-refractivity contribution >= 4 is 23.2 Å². The van der Waals surface area contributed by atoms with Crippen molar-refractivity contribution in [2.24, 2.45) is 5.73 Å². The van der Waals surface area contributed by atoms with Gasteiger partial charge in [-0.2, -0.15) is 9.67 Å². The summed E-state index contributed by atoms with van der Waals surface area (Å²) in [5.41, 5.74) is 6.29. The summed E-state index contributed by atoms with van der Waals surface area (Å²) >= 11 is 0. The van der Waals surface area contributed by atoms with Crippen LogP contribution in [-0.2, 0) is 0 Å². The van der Waals surface area contributed by atoms with Gasteiger partial charge >= 0.3 is 6.09 Å². The molecule has 1 saturated carbocycles. The number of primary amides is 1. The molecular weight excluding hydrogens is 350 g/mol. The molecule has 27 heavy (non-hydrogen) atoms. The quantitative estimate of drug-likeness (QED) is 0.634. The van der Waals surface area contributed by atoms with Crippen molar-refractivity contribution in [1.82, 2.24) is 25.0 Å². The molecule has 1 amide bonds.